The van der Waals surface area contributed by atoms with Crippen LogP contribution in [0.15, 0.2) is 11.1 Å². The molecule has 0 N–H and O–H groups in total. The highest BCUT2D eigenvalue weighted by molar-refractivity contribution is 8.13. The number of hydrogen-bond acceptors (Lipinski definition) is 5. The van der Waals surface area contributed by atoms with Crippen molar-refractivity contribution in [1.82, 2.24) is 9.78 Å². The molecule has 0 radical (unpaired) electrons. The summed E-state index contributed by atoms with van der Waals surface area (Å²) >= 11 is 0. The van der Waals surface area contributed by atoms with E-state index < -0.39 is 15.0 Å². The van der Waals surface area contributed by atoms with Crippen molar-refractivity contribution in [2.24, 2.45) is 7.05 Å². The molecule has 78 valence electrons. The molecule has 1 rings (SSSR count). The summed E-state index contributed by atoms with van der Waals surface area (Å²) in [7, 11) is 3.66. The van der Waals surface area contributed by atoms with Gasteiger partial charge >= 0.3 is 5.97 Å². The van der Waals surface area contributed by atoms with Gasteiger partial charge in [0.2, 0.25) is 0 Å². The number of esters is 1. The third-order valence-corrected chi connectivity index (χ3v) is 2.87. The van der Waals surface area contributed by atoms with E-state index in [0.29, 0.717) is 0 Å². The number of methoxy groups -OCH3 is 1. The fraction of sp³-hybridized carbons (Fsp3) is 0.333. The maximum Gasteiger partial charge on any atom is 0.357 e. The second kappa shape index (κ2) is 3.58. The number of nitrogens with zero attached hydrogens (tertiary/aromatic N) is 2. The minimum atomic E-state index is -3.98. The summed E-state index contributed by atoms with van der Waals surface area (Å²) in [5.41, 5.74) is -0.192. The van der Waals surface area contributed by atoms with Crippen LogP contribution in [0.2, 0.25) is 0 Å². The second-order valence-electron chi connectivity index (χ2n) is 2.41. The maximum absolute atomic E-state index is 11.2. The Morgan fingerprint density at radius 2 is 2.21 bits per heavy atom. The van der Waals surface area contributed by atoms with Crippen LogP contribution in [0.25, 0.3) is 0 Å². The Morgan fingerprint density at radius 3 is 2.64 bits per heavy atom. The zero-order chi connectivity index (χ0) is 10.9. The van der Waals surface area contributed by atoms with Crippen molar-refractivity contribution < 1.29 is 17.9 Å². The molecule has 0 aliphatic rings. The number of carbonyl (C=O) groups excluding carboxylic acids is 1. The Kier molecular flexibility index (Phi) is 2.81. The van der Waals surface area contributed by atoms with Crippen molar-refractivity contribution in [3.05, 3.63) is 11.9 Å². The predicted molar refractivity (Wildman–Crippen MR) is 47.6 cm³/mol. The Morgan fingerprint density at radius 1 is 1.64 bits per heavy atom. The SMILES string of the molecule is COC(=O)c1c(S(=O)(=O)Cl)cnn1C. The summed E-state index contributed by atoms with van der Waals surface area (Å²) in [4.78, 5) is 10.8. The average molecular weight is 239 g/mol. The summed E-state index contributed by atoms with van der Waals surface area (Å²) in [5.74, 6) is -0.802. The lowest BCUT2D eigenvalue weighted by Gasteiger charge is -2.00. The summed E-state index contributed by atoms with van der Waals surface area (Å²) in [5, 5.41) is 3.60. The highest BCUT2D eigenvalue weighted by atomic mass is 35.7. The Hall–Kier alpha value is -1.08. The first-order chi connectivity index (χ1) is 6.38. The van der Waals surface area contributed by atoms with Crippen molar-refractivity contribution in [2.75, 3.05) is 7.11 Å². The molecule has 0 bridgehead atoms. The van der Waals surface area contributed by atoms with Crippen LogP contribution in [0.5, 0.6) is 0 Å². The van der Waals surface area contributed by atoms with Crippen LogP contribution in [0.1, 0.15) is 10.5 Å². The van der Waals surface area contributed by atoms with Gasteiger partial charge in [-0.15, -0.1) is 0 Å². The topological polar surface area (TPSA) is 78.3 Å². The van der Waals surface area contributed by atoms with E-state index in [1.54, 1.807) is 0 Å². The number of carbonyl (C=O) groups is 1. The van der Waals surface area contributed by atoms with Crippen molar-refractivity contribution in [1.29, 1.82) is 0 Å². The normalized spacial score (nSPS) is 11.4. The summed E-state index contributed by atoms with van der Waals surface area (Å²) < 4.78 is 27.5. The molecule has 0 saturated carbocycles. The van der Waals surface area contributed by atoms with Gasteiger partial charge in [0.25, 0.3) is 9.05 Å². The van der Waals surface area contributed by atoms with Crippen LogP contribution in [0.3, 0.4) is 0 Å². The minimum Gasteiger partial charge on any atom is -0.464 e. The van der Waals surface area contributed by atoms with Crippen LogP contribution in [-0.2, 0) is 20.8 Å². The van der Waals surface area contributed by atoms with Crippen LogP contribution < -0.4 is 0 Å². The molecule has 0 atom stereocenters. The zero-order valence-electron chi connectivity index (χ0n) is 7.39. The molecule has 14 heavy (non-hydrogen) atoms. The van der Waals surface area contributed by atoms with Gasteiger partial charge in [-0.05, 0) is 0 Å². The number of ether oxygens (including phenoxy) is 1. The van der Waals surface area contributed by atoms with Gasteiger partial charge < -0.3 is 4.74 Å². The molecule has 1 aromatic heterocycles. The van der Waals surface area contributed by atoms with E-state index in [9.17, 15) is 13.2 Å². The third kappa shape index (κ3) is 1.88. The molecule has 0 saturated heterocycles. The van der Waals surface area contributed by atoms with Gasteiger partial charge in [-0.1, -0.05) is 0 Å². The summed E-state index contributed by atoms with van der Waals surface area (Å²) in [6.07, 6.45) is 0.995. The molecule has 0 aliphatic carbocycles. The molecule has 0 fully saturated rings. The molecule has 1 aromatic rings. The second-order valence-corrected chi connectivity index (χ2v) is 4.94. The Balaban J connectivity index is 3.42. The molecule has 1 heterocycles. The molecule has 0 unspecified atom stereocenters. The van der Waals surface area contributed by atoms with Gasteiger partial charge in [0, 0.05) is 17.7 Å². The van der Waals surface area contributed by atoms with Gasteiger partial charge in [0.05, 0.1) is 13.3 Å². The summed E-state index contributed by atoms with van der Waals surface area (Å²) in [6, 6.07) is 0. The fourth-order valence-electron chi connectivity index (χ4n) is 0.925. The van der Waals surface area contributed by atoms with Gasteiger partial charge in [0.15, 0.2) is 5.69 Å². The standard InChI is InChI=1S/C6H7ClN2O4S/c1-9-5(6(10)13-2)4(3-8-9)14(7,11)12/h3H,1-2H3. The summed E-state index contributed by atoms with van der Waals surface area (Å²) in [6.45, 7) is 0. The van der Waals surface area contributed by atoms with Gasteiger partial charge in [-0.3, -0.25) is 4.68 Å². The number of aryl methyl sites for hydroxylation is 1. The zero-order valence-corrected chi connectivity index (χ0v) is 8.96. The van der Waals surface area contributed by atoms with Gasteiger partial charge in [-0.25, -0.2) is 13.2 Å². The molecule has 0 spiro atoms. The highest BCUT2D eigenvalue weighted by Crippen LogP contribution is 2.19. The monoisotopic (exact) mass is 238 g/mol. The number of rotatable bonds is 2. The smallest absolute Gasteiger partial charge is 0.357 e. The molecule has 0 aromatic carbocycles. The lowest BCUT2D eigenvalue weighted by molar-refractivity contribution is 0.0584. The van der Waals surface area contributed by atoms with Crippen molar-refractivity contribution >= 4 is 25.7 Å². The van der Waals surface area contributed by atoms with E-state index in [1.807, 2.05) is 0 Å². The first kappa shape index (κ1) is 11.0. The number of aromatic nitrogens is 2. The van der Waals surface area contributed by atoms with Gasteiger partial charge in [0.1, 0.15) is 4.90 Å². The predicted octanol–water partition coefficient (Wildman–Crippen LogP) is 0.134. The van der Waals surface area contributed by atoms with Crippen LogP contribution in [0, 0.1) is 0 Å². The molecule has 8 heteroatoms. The maximum atomic E-state index is 11.2. The van der Waals surface area contributed by atoms with Crippen LogP contribution in [-0.4, -0.2) is 31.3 Å². The van der Waals surface area contributed by atoms with Crippen molar-refractivity contribution in [3.8, 4) is 0 Å². The number of hydrogen-bond donors (Lipinski definition) is 0. The van der Waals surface area contributed by atoms with E-state index in [-0.39, 0.29) is 10.6 Å². The van der Waals surface area contributed by atoms with E-state index >= 15 is 0 Å². The van der Waals surface area contributed by atoms with E-state index in [0.717, 1.165) is 18.0 Å². The van der Waals surface area contributed by atoms with Crippen LogP contribution in [0.4, 0.5) is 0 Å². The van der Waals surface area contributed by atoms with Crippen molar-refractivity contribution in [3.63, 3.8) is 0 Å². The minimum absolute atomic E-state index is 0.192. The van der Waals surface area contributed by atoms with Gasteiger partial charge in [-0.2, -0.15) is 5.10 Å². The lowest BCUT2D eigenvalue weighted by atomic mass is 10.4. The molecule has 0 aliphatic heterocycles. The highest BCUT2D eigenvalue weighted by Gasteiger charge is 2.25. The average Bonchev–Trinajstić information content (AvgIpc) is 2.45. The molecular formula is C6H7ClN2O4S. The fourth-order valence-corrected chi connectivity index (χ4v) is 1.88. The Labute approximate surface area is 84.8 Å². The molecular weight excluding hydrogens is 232 g/mol. The molecule has 6 nitrogen and oxygen atoms in total. The first-order valence-electron chi connectivity index (χ1n) is 3.43. The molecule has 0 amide bonds. The van der Waals surface area contributed by atoms with E-state index in [4.69, 9.17) is 10.7 Å². The first-order valence-corrected chi connectivity index (χ1v) is 5.74. The number of halogens is 1. The quantitative estimate of drug-likeness (QED) is 0.541. The third-order valence-electron chi connectivity index (χ3n) is 1.55. The van der Waals surface area contributed by atoms with Crippen molar-refractivity contribution in [2.45, 2.75) is 4.90 Å². The largest absolute Gasteiger partial charge is 0.464 e. The Bertz CT molecular complexity index is 464. The van der Waals surface area contributed by atoms with Crippen LogP contribution >= 0.6 is 10.7 Å². The van der Waals surface area contributed by atoms with E-state index in [1.165, 1.54) is 7.05 Å². The van der Waals surface area contributed by atoms with E-state index in [2.05, 4.69) is 9.84 Å². The lowest BCUT2D eigenvalue weighted by Crippen LogP contribution is -2.11.